The molecule has 2 nitrogen and oxygen atoms in total. The number of carbonyl (C=O) groups is 1. The second-order valence-electron chi connectivity index (χ2n) is 5.26. The fourth-order valence-electron chi connectivity index (χ4n) is 1.46. The van der Waals surface area contributed by atoms with E-state index in [1.807, 2.05) is 11.4 Å². The average molecular weight is 832 g/mol. The van der Waals surface area contributed by atoms with Crippen LogP contribution in [0.25, 0.3) is 0 Å². The Morgan fingerprint density at radius 3 is 1.65 bits per heavy atom. The molecule has 0 saturated heterocycles. The van der Waals surface area contributed by atoms with E-state index in [9.17, 15) is 4.79 Å². The van der Waals surface area contributed by atoms with Gasteiger partial charge in [-0.25, -0.2) is 0 Å². The molecule has 2 rings (SSSR count). The third-order valence-corrected chi connectivity index (χ3v) is 3.26. The van der Waals surface area contributed by atoms with E-state index >= 15 is 0 Å². The van der Waals surface area contributed by atoms with Crippen molar-refractivity contribution in [3.8, 4) is 0 Å². The van der Waals surface area contributed by atoms with Crippen molar-refractivity contribution in [1.29, 1.82) is 0 Å². The minimum Gasteiger partial charge on any atom is -0.393 e. The molecule has 2 aliphatic rings. The monoisotopic (exact) mass is 832 g/mol. The summed E-state index contributed by atoms with van der Waals surface area (Å²) in [7, 11) is 0. The van der Waals surface area contributed by atoms with Gasteiger partial charge in [0.1, 0.15) is 5.22 Å². The van der Waals surface area contributed by atoms with Crippen LogP contribution in [0.2, 0.25) is 0 Å². The molecule has 0 atom stereocenters. The molecular weight excluding hydrogens is 806 g/mol. The van der Waals surface area contributed by atoms with E-state index in [0.29, 0.717) is 5.35 Å². The molecule has 8 heteroatoms. The van der Waals surface area contributed by atoms with Crippen LogP contribution in [0.5, 0.6) is 0 Å². The van der Waals surface area contributed by atoms with Crippen LogP contribution in [0.1, 0.15) is 58.8 Å². The van der Waals surface area contributed by atoms with Gasteiger partial charge < -0.3 is 27.7 Å². The Morgan fingerprint density at radius 1 is 1.22 bits per heavy atom. The number of rotatable bonds is 3. The van der Waals surface area contributed by atoms with Crippen LogP contribution >= 0.6 is 102 Å². The van der Waals surface area contributed by atoms with Crippen LogP contribution in [0.15, 0.2) is 0 Å². The fourth-order valence-corrected chi connectivity index (χ4v) is 1.57. The number of halogens is 5. The minimum atomic E-state index is 0. The van der Waals surface area contributed by atoms with Crippen LogP contribution in [0.3, 0.4) is 0 Å². The minimum absolute atomic E-state index is 0. The second kappa shape index (κ2) is 20.2. The summed E-state index contributed by atoms with van der Waals surface area (Å²) in [6.07, 6.45) is 7.89. The van der Waals surface area contributed by atoms with Crippen LogP contribution < -0.4 is 0 Å². The van der Waals surface area contributed by atoms with Crippen molar-refractivity contribution >= 4 is 108 Å². The Hall–Kier alpha value is 3.42. The van der Waals surface area contributed by atoms with Gasteiger partial charge in [0, 0.05) is 25.0 Å². The summed E-state index contributed by atoms with van der Waals surface area (Å²) >= 11 is 14.5. The predicted octanol–water partition coefficient (Wildman–Crippen LogP) is 7.08. The molecule has 139 valence electrons. The first-order valence-corrected chi connectivity index (χ1v) is 12.4. The Morgan fingerprint density at radius 2 is 1.52 bits per heavy atom. The van der Waals surface area contributed by atoms with Gasteiger partial charge in [0.2, 0.25) is 0 Å². The van der Waals surface area contributed by atoms with Crippen molar-refractivity contribution in [2.24, 2.45) is 5.92 Å². The number of aliphatic hydroxyl groups is 1. The van der Waals surface area contributed by atoms with Gasteiger partial charge in [0.05, 0.1) is 12.0 Å². The standard InChI is InChI=1S/C7H11ClO.C4H8O.C2H3I3.C2H4I.V/c8-5-7(9)4-6-2-1-3-6;5-4-2-1-3-4;1-2(3,4)5;1-2-3;/h6H,1-5H2;4-5H,1-3H2;1H3;2H,1H3;/q;;;-1;. The third kappa shape index (κ3) is 30.4. The Balaban J connectivity index is -0.000000249. The molecule has 0 aliphatic heterocycles. The summed E-state index contributed by atoms with van der Waals surface area (Å²) in [6, 6.07) is 0. The van der Waals surface area contributed by atoms with Gasteiger partial charge in [-0.3, -0.25) is 9.22 Å². The van der Waals surface area contributed by atoms with Crippen molar-refractivity contribution in [2.75, 3.05) is 5.88 Å². The van der Waals surface area contributed by atoms with Gasteiger partial charge in [-0.05, 0) is 32.1 Å². The molecule has 1 N–H and O–H groups in total. The quantitative estimate of drug-likeness (QED) is 0.188. The summed E-state index contributed by atoms with van der Waals surface area (Å²) in [4.78, 5) is 10.7. The zero-order chi connectivity index (χ0) is 17.6. The zero-order valence-electron chi connectivity index (χ0n) is 13.6. The van der Waals surface area contributed by atoms with Crippen LogP contribution in [-0.4, -0.2) is 22.3 Å². The number of hydrogen-bond donors (Lipinski definition) is 1. The number of carbonyl (C=O) groups excluding carboxylic acids is 1. The third-order valence-electron chi connectivity index (χ3n) is 2.96. The molecule has 1 radical (unpaired) electrons. The average Bonchev–Trinajstić information content (AvgIpc) is 2.30. The van der Waals surface area contributed by atoms with Crippen molar-refractivity contribution in [3.63, 3.8) is 0 Å². The van der Waals surface area contributed by atoms with E-state index in [1.54, 1.807) is 0 Å². The first-order chi connectivity index (χ1) is 10.1. The Labute approximate surface area is 213 Å². The van der Waals surface area contributed by atoms with Crippen molar-refractivity contribution in [1.82, 2.24) is 0 Å². The normalized spacial score (nSPS) is 16.5. The molecule has 0 amide bonds. The number of Topliss-reactive ketones (excluding diaryl/α,β-unsaturated/α-hetero) is 1. The Bertz CT molecular complexity index is 265. The van der Waals surface area contributed by atoms with Crippen LogP contribution in [0.4, 0.5) is 0 Å². The molecule has 0 heterocycles. The molecule has 23 heavy (non-hydrogen) atoms. The molecule has 0 aromatic heterocycles. The largest absolute Gasteiger partial charge is 0.393 e. The summed E-state index contributed by atoms with van der Waals surface area (Å²) < 4.78 is 2.38. The van der Waals surface area contributed by atoms with Gasteiger partial charge in [-0.2, -0.15) is 6.92 Å². The fraction of sp³-hybridized carbons (Fsp3) is 0.867. The SMILES string of the molecule is CC(I)(I)I.C[CH-]I.O=C(CCl)CC1CCC1.OC1CCC1.[V]. The molecule has 0 spiro atoms. The number of alkyl halides is 4. The zero-order valence-corrected chi connectivity index (χ0v) is 24.4. The molecule has 2 aliphatic carbocycles. The number of aliphatic hydroxyl groups excluding tert-OH is 1. The number of hydrogen-bond acceptors (Lipinski definition) is 2. The first kappa shape index (κ1) is 31.1. The maximum absolute atomic E-state index is 10.7. The second-order valence-corrected chi connectivity index (χ2v) is 19.4. The molecule has 2 fully saturated rings. The smallest absolute Gasteiger partial charge is 0.147 e. The van der Waals surface area contributed by atoms with E-state index < -0.39 is 0 Å². The van der Waals surface area contributed by atoms with E-state index in [2.05, 4.69) is 97.3 Å². The first-order valence-electron chi connectivity index (χ1n) is 7.34. The maximum Gasteiger partial charge on any atom is 0.147 e. The summed E-state index contributed by atoms with van der Waals surface area (Å²) in [5.41, 5.74) is 0. The van der Waals surface area contributed by atoms with Crippen LogP contribution in [0, 0.1) is 10.3 Å². The summed E-state index contributed by atoms with van der Waals surface area (Å²) in [5.74, 6) is 1.09. The van der Waals surface area contributed by atoms with Crippen molar-refractivity contribution in [2.45, 2.75) is 64.3 Å². The van der Waals surface area contributed by atoms with Crippen LogP contribution in [-0.2, 0) is 23.4 Å². The summed E-state index contributed by atoms with van der Waals surface area (Å²) in [5, 5.41) is 8.45. The topological polar surface area (TPSA) is 37.3 Å². The van der Waals surface area contributed by atoms with E-state index in [1.165, 1.54) is 25.7 Å². The summed E-state index contributed by atoms with van der Waals surface area (Å²) in [6.45, 7) is 4.13. The maximum atomic E-state index is 10.7. The van der Waals surface area contributed by atoms with E-state index in [4.69, 9.17) is 16.7 Å². The van der Waals surface area contributed by atoms with Gasteiger partial charge in [0.25, 0.3) is 0 Å². The molecular formula is C15H26ClI4O2V-. The molecule has 0 aromatic carbocycles. The Kier molecular flexibility index (Phi) is 27.3. The van der Waals surface area contributed by atoms with Gasteiger partial charge in [0.15, 0.2) is 0 Å². The van der Waals surface area contributed by atoms with E-state index in [-0.39, 0.29) is 36.3 Å². The van der Waals surface area contributed by atoms with Gasteiger partial charge >= 0.3 is 0 Å². The molecule has 2 saturated carbocycles. The number of ketones is 1. The van der Waals surface area contributed by atoms with Gasteiger partial charge in [-0.1, -0.05) is 87.0 Å². The van der Waals surface area contributed by atoms with E-state index in [0.717, 1.165) is 19.3 Å². The predicted molar refractivity (Wildman–Crippen MR) is 132 cm³/mol. The molecule has 0 bridgehead atoms. The van der Waals surface area contributed by atoms with Gasteiger partial charge in [-0.15, -0.1) is 11.6 Å². The molecule has 0 aromatic rings. The van der Waals surface area contributed by atoms with Crippen molar-refractivity contribution < 1.29 is 28.5 Å². The molecule has 0 unspecified atom stereocenters. The van der Waals surface area contributed by atoms with Crippen molar-refractivity contribution in [3.05, 3.63) is 4.43 Å².